The average Bonchev–Trinajstić information content (AvgIpc) is 0.671. The van der Waals surface area contributed by atoms with Gasteiger partial charge in [-0.1, -0.05) is 60.1 Å². The Bertz CT molecular complexity index is 2900. The second-order valence-electron chi connectivity index (χ2n) is 33.0. The molecule has 4 saturated carbocycles. The Kier molecular flexibility index (Phi) is 23.4. The van der Waals surface area contributed by atoms with Crippen LogP contribution in [0.4, 0.5) is 0 Å². The Labute approximate surface area is 589 Å². The third-order valence-corrected chi connectivity index (χ3v) is 26.1. The van der Waals surface area contributed by atoms with Gasteiger partial charge >= 0.3 is 5.97 Å². The first kappa shape index (κ1) is 79.5. The molecular formula is C68H110O34. The Morgan fingerprint density at radius 1 is 0.471 bits per heavy atom. The lowest BCUT2D eigenvalue weighted by atomic mass is 9.33. The molecular weight excluding hydrogens is 1360 g/mol. The van der Waals surface area contributed by atoms with Crippen LogP contribution in [0.1, 0.15) is 113 Å². The third-order valence-electron chi connectivity index (χ3n) is 26.1. The summed E-state index contributed by atoms with van der Waals surface area (Å²) in [6.45, 7) is 13.4. The Morgan fingerprint density at radius 3 is 1.62 bits per heavy atom. The summed E-state index contributed by atoms with van der Waals surface area (Å²) in [4.78, 5) is 15.7. The molecule has 40 atom stereocenters. The number of esters is 1. The molecule has 34 heteroatoms. The molecule has 586 valence electrons. The van der Waals surface area contributed by atoms with Gasteiger partial charge in [-0.05, 0) is 110 Å². The molecule has 102 heavy (non-hydrogen) atoms. The fourth-order valence-corrected chi connectivity index (χ4v) is 19.8. The van der Waals surface area contributed by atoms with Crippen LogP contribution in [0.3, 0.4) is 0 Å². The molecule has 12 rings (SSSR count). The van der Waals surface area contributed by atoms with Crippen LogP contribution < -0.4 is 0 Å². The van der Waals surface area contributed by atoms with E-state index in [4.69, 9.17) is 66.3 Å². The maximum atomic E-state index is 15.7. The van der Waals surface area contributed by atoms with Crippen molar-refractivity contribution in [2.75, 3.05) is 39.6 Å². The van der Waals surface area contributed by atoms with E-state index in [0.717, 1.165) is 5.57 Å². The van der Waals surface area contributed by atoms with E-state index in [1.54, 1.807) is 0 Å². The number of fused-ring (bicyclic) bond motifs is 7. The molecule has 0 aromatic carbocycles. The minimum Gasteiger partial charge on any atom is -0.432 e. The fraction of sp³-hybridized carbons (Fsp3) is 0.956. The number of hydrogen-bond donors (Lipinski definition) is 19. The van der Waals surface area contributed by atoms with Crippen LogP contribution in [-0.2, 0) is 71.1 Å². The number of carbonyl (C=O) groups is 1. The van der Waals surface area contributed by atoms with Gasteiger partial charge < -0.3 is 163 Å². The number of carbonyl (C=O) groups excluding carboxylic acids is 1. The van der Waals surface area contributed by atoms with E-state index in [0.29, 0.717) is 44.9 Å². The second-order valence-corrected chi connectivity index (χ2v) is 33.0. The van der Waals surface area contributed by atoms with Gasteiger partial charge in [0.2, 0.25) is 6.29 Å². The van der Waals surface area contributed by atoms with Crippen molar-refractivity contribution < 1.29 is 168 Å². The van der Waals surface area contributed by atoms with Gasteiger partial charge in [0, 0.05) is 0 Å². The van der Waals surface area contributed by atoms with Gasteiger partial charge in [0.25, 0.3) is 0 Å². The molecule has 34 nitrogen and oxygen atoms in total. The molecule has 5 aliphatic carbocycles. The molecule has 0 spiro atoms. The molecule has 7 saturated heterocycles. The zero-order valence-corrected chi connectivity index (χ0v) is 58.6. The van der Waals surface area contributed by atoms with Crippen LogP contribution in [0.25, 0.3) is 0 Å². The van der Waals surface area contributed by atoms with Crippen molar-refractivity contribution in [3.63, 3.8) is 0 Å². The smallest absolute Gasteiger partial charge is 0.317 e. The average molecular weight is 1470 g/mol. The first-order chi connectivity index (χ1) is 47.8. The highest BCUT2D eigenvalue weighted by Crippen LogP contribution is 2.76. The summed E-state index contributed by atoms with van der Waals surface area (Å²) < 4.78 is 82.7. The summed E-state index contributed by atoms with van der Waals surface area (Å²) in [5.41, 5.74) is -3.11. The van der Waals surface area contributed by atoms with Crippen molar-refractivity contribution in [1.82, 2.24) is 0 Å². The first-order valence-corrected chi connectivity index (χ1v) is 35.9. The van der Waals surface area contributed by atoms with Crippen molar-refractivity contribution >= 4 is 5.97 Å². The second kappa shape index (κ2) is 30.0. The molecule has 7 heterocycles. The molecule has 0 bridgehead atoms. The summed E-state index contributed by atoms with van der Waals surface area (Å²) in [7, 11) is 0. The zero-order valence-electron chi connectivity index (χ0n) is 58.6. The SMILES string of the molecule is C[C@@H]1O[C@@H](O[C@H]2[C@H](OC(=O)[C@]34CCC(C)(C)C[C@H]3C3=CC[C@@H]5[C@@]6(C)CC[C@H](O[C@@H]7O[C@H](CO[C@@H]8OC[C@H](O)[C@H](O)[C@H]8O[C@@H]8OC[C@@H](O)[C@H](O)[C@H]8O)[C@@H](O)[C@H](O)[C@H]7O)C(C)(C)[C@@H]6CC[C@@]5(C)[C@]3(C)C[C@H]4O)O[C@H](CO)[C@@H](O)[C@@H]2O)[C@H](O)[C@H](O)[C@H]1O[C@@H]1OC[C@@H](O)[C@H](O[C@@H]2OC[C@@H](O)[C@H](O)[C@H]2O)[C@H]1O. The van der Waals surface area contributed by atoms with E-state index in [9.17, 15) is 97.0 Å². The van der Waals surface area contributed by atoms with Crippen LogP contribution in [0, 0.1) is 50.2 Å². The van der Waals surface area contributed by atoms with E-state index in [1.165, 1.54) is 6.92 Å². The summed E-state index contributed by atoms with van der Waals surface area (Å²) in [6.07, 6.45) is -46.9. The predicted molar refractivity (Wildman–Crippen MR) is 337 cm³/mol. The van der Waals surface area contributed by atoms with Crippen LogP contribution >= 0.6 is 0 Å². The number of hydrogen-bond acceptors (Lipinski definition) is 34. The Hall–Kier alpha value is -2.07. The first-order valence-electron chi connectivity index (χ1n) is 35.9. The van der Waals surface area contributed by atoms with Crippen molar-refractivity contribution in [1.29, 1.82) is 0 Å². The van der Waals surface area contributed by atoms with Gasteiger partial charge in [-0.3, -0.25) is 4.79 Å². The number of allylic oxidation sites excluding steroid dienone is 2. The zero-order chi connectivity index (χ0) is 74.2. The maximum absolute atomic E-state index is 15.7. The molecule has 11 fully saturated rings. The molecule has 0 amide bonds. The molecule has 0 unspecified atom stereocenters. The highest BCUT2D eigenvalue weighted by Gasteiger charge is 2.73. The van der Waals surface area contributed by atoms with Gasteiger partial charge in [-0.25, -0.2) is 0 Å². The standard InChI is InChI=1S/C68H110O34/c1-25-51(98-57-50(87)52(31(73)23-91-57)99-55-46(83)38(75)28(70)20-89-55)45(82)49(86)58(94-25)101-54-44(81)41(78)32(19-69)95-61(54)102-62(88)68-16-15-63(2,3)17-27(68)26-9-10-35-65(6)13-12-37(64(4,5)34(65)11-14-66(35,7)67(26,8)18-36(68)74)97-59-48(85)43(80)42(79)33(96-59)24-93-60-53(40(77)30(72)22-92-60)100-56-47(84)39(76)29(71)21-90-56/h9,25,27-61,69-87H,10-24H2,1-8H3/t25-,27-,28+,29+,30-,31+,32+,33+,34-,35+,36+,37-,38-,39-,40-,41+,42+,43-,44-,45-,46+,47+,48+,49+,50+,51-,52-,53+,54+,55-,56-,57-,58-,59-,60-,61-,65-,66+,67+,68+/m0/s1. The minimum atomic E-state index is -2.04. The van der Waals surface area contributed by atoms with Gasteiger partial charge in [0.1, 0.15) is 140 Å². The lowest BCUT2D eigenvalue weighted by Crippen LogP contribution is -2.68. The third kappa shape index (κ3) is 13.8. The van der Waals surface area contributed by atoms with Crippen molar-refractivity contribution in [2.24, 2.45) is 50.2 Å². The van der Waals surface area contributed by atoms with E-state index in [-0.39, 0.29) is 35.5 Å². The number of aliphatic hydroxyl groups excluding tert-OH is 19. The van der Waals surface area contributed by atoms with E-state index >= 15 is 4.79 Å². The van der Waals surface area contributed by atoms with Crippen molar-refractivity contribution in [3.8, 4) is 0 Å². The number of aliphatic hydroxyl groups is 19. The molecule has 0 aromatic rings. The monoisotopic (exact) mass is 1470 g/mol. The topological polar surface area (TPSA) is 531 Å². The van der Waals surface area contributed by atoms with Gasteiger partial charge in [0.05, 0.1) is 58.0 Å². The lowest BCUT2D eigenvalue weighted by Gasteiger charge is -2.71. The number of rotatable bonds is 16. The van der Waals surface area contributed by atoms with Gasteiger partial charge in [-0.2, -0.15) is 0 Å². The summed E-state index contributed by atoms with van der Waals surface area (Å²) in [6, 6.07) is 0. The highest BCUT2D eigenvalue weighted by atomic mass is 16.8. The molecule has 7 aliphatic heterocycles. The minimum absolute atomic E-state index is 0.00131. The Balaban J connectivity index is 0.726. The van der Waals surface area contributed by atoms with Crippen LogP contribution in [-0.4, -0.2) is 345 Å². The maximum Gasteiger partial charge on any atom is 0.317 e. The van der Waals surface area contributed by atoms with E-state index in [1.807, 2.05) is 0 Å². The predicted octanol–water partition coefficient (Wildman–Crippen LogP) is -6.01. The fourth-order valence-electron chi connectivity index (χ4n) is 19.8. The highest BCUT2D eigenvalue weighted by molar-refractivity contribution is 5.80. The molecule has 12 aliphatic rings. The van der Waals surface area contributed by atoms with Crippen LogP contribution in [0.5, 0.6) is 0 Å². The lowest BCUT2D eigenvalue weighted by molar-refractivity contribution is -0.379. The van der Waals surface area contributed by atoms with E-state index in [2.05, 4.69) is 54.5 Å². The van der Waals surface area contributed by atoms with Crippen LogP contribution in [0.2, 0.25) is 0 Å². The van der Waals surface area contributed by atoms with Gasteiger partial charge in [-0.15, -0.1) is 0 Å². The quantitative estimate of drug-likeness (QED) is 0.0389. The molecule has 19 N–H and O–H groups in total. The van der Waals surface area contributed by atoms with E-state index < -0.39 is 276 Å². The van der Waals surface area contributed by atoms with Crippen molar-refractivity contribution in [3.05, 3.63) is 11.6 Å². The summed E-state index contributed by atoms with van der Waals surface area (Å²) in [5.74, 6) is -1.48. The summed E-state index contributed by atoms with van der Waals surface area (Å²) in [5, 5.41) is 209. The molecule has 0 radical (unpaired) electrons. The van der Waals surface area contributed by atoms with Crippen molar-refractivity contribution in [2.45, 2.75) is 316 Å². The molecule has 0 aromatic heterocycles. The Morgan fingerprint density at radius 2 is 0.980 bits per heavy atom. The van der Waals surface area contributed by atoms with Gasteiger partial charge in [0.15, 0.2) is 43.8 Å². The largest absolute Gasteiger partial charge is 0.432 e. The normalized spacial score (nSPS) is 54.8. The van der Waals surface area contributed by atoms with Crippen LogP contribution in [0.15, 0.2) is 11.6 Å². The number of ether oxygens (including phenoxy) is 14. The summed E-state index contributed by atoms with van der Waals surface area (Å²) >= 11 is 0.